The van der Waals surface area contributed by atoms with Gasteiger partial charge in [-0.15, -0.1) is 11.8 Å². The second-order valence-corrected chi connectivity index (χ2v) is 6.37. The molecule has 18 heavy (non-hydrogen) atoms. The van der Waals surface area contributed by atoms with Crippen LogP contribution in [0.5, 0.6) is 0 Å². The number of rotatable bonds is 3. The molecular weight excluding hydrogens is 242 g/mol. The molecule has 0 amide bonds. The van der Waals surface area contributed by atoms with Gasteiger partial charge in [0.05, 0.1) is 6.10 Å². The maximum Gasteiger partial charge on any atom is 0.0698 e. The fourth-order valence-corrected chi connectivity index (χ4v) is 4.31. The van der Waals surface area contributed by atoms with Crippen LogP contribution in [0.25, 0.3) is 0 Å². The quantitative estimate of drug-likeness (QED) is 0.832. The van der Waals surface area contributed by atoms with E-state index in [2.05, 4.69) is 29.2 Å². The van der Waals surface area contributed by atoms with Gasteiger partial charge in [-0.05, 0) is 31.0 Å². The van der Waals surface area contributed by atoms with Gasteiger partial charge in [-0.25, -0.2) is 0 Å². The highest BCUT2D eigenvalue weighted by molar-refractivity contribution is 7.99. The molecule has 1 saturated heterocycles. The average Bonchev–Trinajstić information content (AvgIpc) is 2.83. The Morgan fingerprint density at radius 2 is 2.28 bits per heavy atom. The summed E-state index contributed by atoms with van der Waals surface area (Å²) in [6.07, 6.45) is 2.95. The lowest BCUT2D eigenvalue weighted by atomic mass is 9.99. The Labute approximate surface area is 114 Å². The first-order valence-electron chi connectivity index (χ1n) is 6.83. The van der Waals surface area contributed by atoms with Crippen LogP contribution >= 0.6 is 11.8 Å². The molecule has 3 rings (SSSR count). The first-order chi connectivity index (χ1) is 8.86. The second-order valence-electron chi connectivity index (χ2n) is 5.31. The van der Waals surface area contributed by atoms with E-state index < -0.39 is 0 Å². The fraction of sp³-hybridized carbons (Fsp3) is 0.600. The number of nitrogens with zero attached hydrogens (tertiary/aromatic N) is 1. The minimum absolute atomic E-state index is 0.447. The minimum Gasteiger partial charge on any atom is -0.380 e. The van der Waals surface area contributed by atoms with Crippen LogP contribution in [0.1, 0.15) is 24.3 Å². The summed E-state index contributed by atoms with van der Waals surface area (Å²) in [5.41, 5.74) is 1.56. The lowest BCUT2D eigenvalue weighted by Gasteiger charge is -2.33. The molecule has 1 aromatic carbocycles. The molecule has 0 N–H and O–H groups in total. The van der Waals surface area contributed by atoms with Crippen LogP contribution in [0.4, 0.5) is 0 Å². The lowest BCUT2D eigenvalue weighted by Crippen LogP contribution is -2.41. The van der Waals surface area contributed by atoms with Crippen molar-refractivity contribution in [3.05, 3.63) is 29.8 Å². The molecule has 1 fully saturated rings. The first kappa shape index (κ1) is 12.5. The molecule has 2 unspecified atom stereocenters. The van der Waals surface area contributed by atoms with Crippen molar-refractivity contribution < 1.29 is 4.74 Å². The third-order valence-electron chi connectivity index (χ3n) is 4.07. The van der Waals surface area contributed by atoms with Crippen LogP contribution in [0.2, 0.25) is 0 Å². The molecule has 0 aliphatic carbocycles. The van der Waals surface area contributed by atoms with Gasteiger partial charge in [0.1, 0.15) is 0 Å². The van der Waals surface area contributed by atoms with E-state index in [1.807, 2.05) is 18.9 Å². The number of fused-ring (bicyclic) bond motifs is 1. The molecule has 1 aromatic rings. The molecular formula is C15H21NOS. The van der Waals surface area contributed by atoms with E-state index in [1.165, 1.54) is 36.6 Å². The third-order valence-corrected chi connectivity index (χ3v) is 5.32. The van der Waals surface area contributed by atoms with Gasteiger partial charge in [0, 0.05) is 36.8 Å². The summed E-state index contributed by atoms with van der Waals surface area (Å²) in [5.74, 6) is 1.95. The van der Waals surface area contributed by atoms with Gasteiger partial charge in [0.15, 0.2) is 0 Å². The molecule has 0 radical (unpaired) electrons. The molecule has 2 heterocycles. The van der Waals surface area contributed by atoms with Gasteiger partial charge in [-0.2, -0.15) is 0 Å². The maximum atomic E-state index is 5.51. The minimum atomic E-state index is 0.447. The topological polar surface area (TPSA) is 12.5 Å². The molecule has 0 aromatic heterocycles. The van der Waals surface area contributed by atoms with Crippen molar-refractivity contribution >= 4 is 11.8 Å². The third kappa shape index (κ3) is 2.58. The Hall–Kier alpha value is -0.510. The average molecular weight is 263 g/mol. The predicted octanol–water partition coefficient (Wildman–Crippen LogP) is 2.99. The molecule has 0 saturated carbocycles. The number of hydrogen-bond donors (Lipinski definition) is 0. The molecule has 2 aliphatic rings. The van der Waals surface area contributed by atoms with Gasteiger partial charge in [0.25, 0.3) is 0 Å². The highest BCUT2D eigenvalue weighted by atomic mass is 32.2. The zero-order valence-electron chi connectivity index (χ0n) is 11.0. The number of ether oxygens (including phenoxy) is 1. The zero-order chi connectivity index (χ0) is 12.4. The summed E-state index contributed by atoms with van der Waals surface area (Å²) in [7, 11) is 1.84. The van der Waals surface area contributed by atoms with E-state index >= 15 is 0 Å². The number of hydrogen-bond acceptors (Lipinski definition) is 3. The van der Waals surface area contributed by atoms with Crippen LogP contribution in [-0.4, -0.2) is 43.5 Å². The second kappa shape index (κ2) is 5.64. The smallest absolute Gasteiger partial charge is 0.0698 e. The summed E-state index contributed by atoms with van der Waals surface area (Å²) < 4.78 is 5.51. The van der Waals surface area contributed by atoms with E-state index in [4.69, 9.17) is 4.74 Å². The fourth-order valence-electron chi connectivity index (χ4n) is 3.06. The number of benzene rings is 1. The maximum absolute atomic E-state index is 5.51. The van der Waals surface area contributed by atoms with Gasteiger partial charge < -0.3 is 9.64 Å². The Kier molecular flexibility index (Phi) is 3.92. The van der Waals surface area contributed by atoms with Crippen LogP contribution in [0, 0.1) is 0 Å². The number of methoxy groups -OCH3 is 1. The van der Waals surface area contributed by atoms with Crippen molar-refractivity contribution in [2.75, 3.05) is 32.5 Å². The van der Waals surface area contributed by atoms with Gasteiger partial charge in [-0.3, -0.25) is 0 Å². The molecule has 0 bridgehead atoms. The highest BCUT2D eigenvalue weighted by Crippen LogP contribution is 2.39. The van der Waals surface area contributed by atoms with Crippen LogP contribution < -0.4 is 0 Å². The van der Waals surface area contributed by atoms with Crippen molar-refractivity contribution in [1.82, 2.24) is 4.90 Å². The summed E-state index contributed by atoms with van der Waals surface area (Å²) in [6, 6.07) is 8.88. The van der Waals surface area contributed by atoms with Crippen molar-refractivity contribution in [3.8, 4) is 0 Å². The highest BCUT2D eigenvalue weighted by Gasteiger charge is 2.27. The summed E-state index contributed by atoms with van der Waals surface area (Å²) in [5, 5.41) is 0. The molecule has 3 heteroatoms. The Morgan fingerprint density at radius 3 is 3.17 bits per heavy atom. The van der Waals surface area contributed by atoms with Crippen molar-refractivity contribution in [2.45, 2.75) is 29.8 Å². The summed E-state index contributed by atoms with van der Waals surface area (Å²) in [6.45, 7) is 3.55. The van der Waals surface area contributed by atoms with E-state index in [0.717, 1.165) is 6.54 Å². The summed E-state index contributed by atoms with van der Waals surface area (Å²) in [4.78, 5) is 4.08. The van der Waals surface area contributed by atoms with Crippen LogP contribution in [0.3, 0.4) is 0 Å². The van der Waals surface area contributed by atoms with Gasteiger partial charge in [-0.1, -0.05) is 18.2 Å². The van der Waals surface area contributed by atoms with Gasteiger partial charge in [0.2, 0.25) is 0 Å². The van der Waals surface area contributed by atoms with E-state index in [9.17, 15) is 0 Å². The standard InChI is InChI=1S/C15H21NOS/c1-17-13-5-4-8-16(10-13)9-12-11-18-15-7-3-2-6-14(12)15/h2-3,6-7,12-13H,4-5,8-11H2,1H3. The predicted molar refractivity (Wildman–Crippen MR) is 76.4 cm³/mol. The normalized spacial score (nSPS) is 28.3. The van der Waals surface area contributed by atoms with E-state index in [0.29, 0.717) is 12.0 Å². The van der Waals surface area contributed by atoms with Gasteiger partial charge >= 0.3 is 0 Å². The van der Waals surface area contributed by atoms with Crippen molar-refractivity contribution in [3.63, 3.8) is 0 Å². The van der Waals surface area contributed by atoms with Crippen LogP contribution in [0.15, 0.2) is 29.2 Å². The Bertz CT molecular complexity index is 409. The molecule has 2 nitrogen and oxygen atoms in total. The molecule has 0 spiro atoms. The molecule has 2 atom stereocenters. The first-order valence-corrected chi connectivity index (χ1v) is 7.82. The van der Waals surface area contributed by atoms with E-state index in [1.54, 1.807) is 5.56 Å². The van der Waals surface area contributed by atoms with Crippen LogP contribution in [-0.2, 0) is 4.74 Å². The summed E-state index contributed by atoms with van der Waals surface area (Å²) >= 11 is 2.01. The lowest BCUT2D eigenvalue weighted by molar-refractivity contribution is 0.0300. The van der Waals surface area contributed by atoms with Crippen molar-refractivity contribution in [2.24, 2.45) is 0 Å². The molecule has 2 aliphatic heterocycles. The number of likely N-dealkylation sites (tertiary alicyclic amines) is 1. The Morgan fingerprint density at radius 1 is 1.39 bits per heavy atom. The number of piperidine rings is 1. The zero-order valence-corrected chi connectivity index (χ0v) is 11.8. The SMILES string of the molecule is COC1CCCN(CC2CSc3ccccc32)C1. The monoisotopic (exact) mass is 263 g/mol. The largest absolute Gasteiger partial charge is 0.380 e. The number of thioether (sulfide) groups is 1. The Balaban J connectivity index is 1.64. The molecule has 98 valence electrons. The van der Waals surface area contributed by atoms with Crippen molar-refractivity contribution in [1.29, 1.82) is 0 Å². The van der Waals surface area contributed by atoms with E-state index in [-0.39, 0.29) is 0 Å².